The number of hydrogen-bond acceptors (Lipinski definition) is 4. The Hall–Kier alpha value is -1.71. The highest BCUT2D eigenvalue weighted by atomic mass is 16.5. The van der Waals surface area contributed by atoms with Crippen molar-refractivity contribution in [3.8, 4) is 5.75 Å². The van der Waals surface area contributed by atoms with Crippen LogP contribution in [0, 0.1) is 0 Å². The molecule has 0 radical (unpaired) electrons. The van der Waals surface area contributed by atoms with E-state index in [2.05, 4.69) is 5.32 Å². The summed E-state index contributed by atoms with van der Waals surface area (Å²) in [5.41, 5.74) is 2.13. The highest BCUT2D eigenvalue weighted by molar-refractivity contribution is 5.79. The van der Waals surface area contributed by atoms with Crippen molar-refractivity contribution >= 4 is 11.7 Å². The zero-order valence-corrected chi connectivity index (χ0v) is 10.2. The van der Waals surface area contributed by atoms with Crippen LogP contribution in [-0.4, -0.2) is 25.7 Å². The second kappa shape index (κ2) is 5.08. The van der Waals surface area contributed by atoms with Crippen LogP contribution in [-0.2, 0) is 16.0 Å². The topological polar surface area (TPSA) is 47.6 Å². The van der Waals surface area contributed by atoms with Crippen molar-refractivity contribution in [1.82, 2.24) is 0 Å². The molecule has 0 amide bonds. The molecule has 1 aromatic carbocycles. The Balaban J connectivity index is 2.10. The van der Waals surface area contributed by atoms with Crippen molar-refractivity contribution in [2.24, 2.45) is 0 Å². The van der Waals surface area contributed by atoms with Gasteiger partial charge in [-0.1, -0.05) is 6.92 Å². The number of benzene rings is 1. The van der Waals surface area contributed by atoms with Gasteiger partial charge in [-0.05, 0) is 30.2 Å². The Bertz CT molecular complexity index is 417. The molecule has 0 fully saturated rings. The van der Waals surface area contributed by atoms with Gasteiger partial charge in [0.25, 0.3) is 0 Å². The molecular weight excluding hydrogens is 218 g/mol. The van der Waals surface area contributed by atoms with Gasteiger partial charge in [-0.3, -0.25) is 0 Å². The predicted molar refractivity (Wildman–Crippen MR) is 65.4 cm³/mol. The predicted octanol–water partition coefficient (Wildman–Crippen LogP) is 1.98. The van der Waals surface area contributed by atoms with Gasteiger partial charge in [-0.2, -0.15) is 0 Å². The molecule has 17 heavy (non-hydrogen) atoms. The van der Waals surface area contributed by atoms with E-state index < -0.39 is 0 Å². The van der Waals surface area contributed by atoms with E-state index in [1.807, 2.05) is 25.1 Å². The standard InChI is InChI=1S/C13H17NO3/c1-3-11(13(15)16-2)14-10-4-5-12-9(8-10)6-7-17-12/h4-5,8,11,14H,3,6-7H2,1-2H3. The Labute approximate surface area is 101 Å². The first-order valence-corrected chi connectivity index (χ1v) is 5.84. The zero-order chi connectivity index (χ0) is 12.3. The maximum atomic E-state index is 11.5. The minimum Gasteiger partial charge on any atom is -0.493 e. The molecule has 1 aliphatic heterocycles. The lowest BCUT2D eigenvalue weighted by atomic mass is 10.1. The summed E-state index contributed by atoms with van der Waals surface area (Å²) in [7, 11) is 1.41. The summed E-state index contributed by atoms with van der Waals surface area (Å²) in [5, 5.41) is 3.18. The van der Waals surface area contributed by atoms with Crippen LogP contribution in [0.15, 0.2) is 18.2 Å². The highest BCUT2D eigenvalue weighted by Gasteiger charge is 2.18. The molecule has 1 aromatic rings. The summed E-state index contributed by atoms with van der Waals surface area (Å²) in [6, 6.07) is 5.61. The molecule has 0 spiro atoms. The third-order valence-corrected chi connectivity index (χ3v) is 2.92. The Morgan fingerprint density at radius 2 is 2.41 bits per heavy atom. The molecule has 0 bridgehead atoms. The molecule has 1 N–H and O–H groups in total. The largest absolute Gasteiger partial charge is 0.493 e. The number of hydrogen-bond donors (Lipinski definition) is 1. The fourth-order valence-corrected chi connectivity index (χ4v) is 1.95. The van der Waals surface area contributed by atoms with Crippen LogP contribution in [0.2, 0.25) is 0 Å². The van der Waals surface area contributed by atoms with E-state index in [4.69, 9.17) is 9.47 Å². The van der Waals surface area contributed by atoms with Crippen LogP contribution < -0.4 is 10.1 Å². The van der Waals surface area contributed by atoms with Gasteiger partial charge in [0, 0.05) is 12.1 Å². The van der Waals surface area contributed by atoms with Gasteiger partial charge in [-0.15, -0.1) is 0 Å². The molecule has 2 rings (SSSR count). The van der Waals surface area contributed by atoms with Crippen LogP contribution in [0.1, 0.15) is 18.9 Å². The fraction of sp³-hybridized carbons (Fsp3) is 0.462. The molecule has 4 nitrogen and oxygen atoms in total. The summed E-state index contributed by atoms with van der Waals surface area (Å²) in [6.45, 7) is 2.69. The van der Waals surface area contributed by atoms with E-state index in [9.17, 15) is 4.79 Å². The number of rotatable bonds is 4. The van der Waals surface area contributed by atoms with Crippen molar-refractivity contribution in [1.29, 1.82) is 0 Å². The molecular formula is C13H17NO3. The van der Waals surface area contributed by atoms with Crippen LogP contribution in [0.25, 0.3) is 0 Å². The SMILES string of the molecule is CCC(Nc1ccc2c(c1)CCO2)C(=O)OC. The average Bonchev–Trinajstić information content (AvgIpc) is 2.82. The van der Waals surface area contributed by atoms with Crippen molar-refractivity contribution in [2.45, 2.75) is 25.8 Å². The van der Waals surface area contributed by atoms with Gasteiger partial charge in [0.2, 0.25) is 0 Å². The third kappa shape index (κ3) is 2.52. The van der Waals surface area contributed by atoms with Gasteiger partial charge >= 0.3 is 5.97 Å². The van der Waals surface area contributed by atoms with E-state index in [1.165, 1.54) is 12.7 Å². The summed E-state index contributed by atoms with van der Waals surface area (Å²) in [5.74, 6) is 0.714. The maximum absolute atomic E-state index is 11.5. The molecule has 1 aliphatic rings. The second-order valence-corrected chi connectivity index (χ2v) is 4.05. The van der Waals surface area contributed by atoms with E-state index in [0.29, 0.717) is 6.42 Å². The lowest BCUT2D eigenvalue weighted by Gasteiger charge is -2.16. The second-order valence-electron chi connectivity index (χ2n) is 4.05. The smallest absolute Gasteiger partial charge is 0.328 e. The first-order valence-electron chi connectivity index (χ1n) is 5.84. The molecule has 0 saturated carbocycles. The van der Waals surface area contributed by atoms with E-state index in [0.717, 1.165) is 24.5 Å². The van der Waals surface area contributed by atoms with Gasteiger partial charge in [0.1, 0.15) is 11.8 Å². The Kier molecular flexibility index (Phi) is 3.52. The normalized spacial score (nSPS) is 14.7. The number of fused-ring (bicyclic) bond motifs is 1. The van der Waals surface area contributed by atoms with Crippen molar-refractivity contribution in [3.05, 3.63) is 23.8 Å². The first kappa shape index (κ1) is 11.8. The lowest BCUT2D eigenvalue weighted by molar-refractivity contribution is -0.141. The zero-order valence-electron chi connectivity index (χ0n) is 10.2. The number of methoxy groups -OCH3 is 1. The molecule has 92 valence electrons. The number of carbonyl (C=O) groups excluding carboxylic acids is 1. The quantitative estimate of drug-likeness (QED) is 0.811. The summed E-state index contributed by atoms with van der Waals surface area (Å²) in [4.78, 5) is 11.5. The van der Waals surface area contributed by atoms with Crippen molar-refractivity contribution in [2.75, 3.05) is 19.0 Å². The van der Waals surface area contributed by atoms with Crippen molar-refractivity contribution < 1.29 is 14.3 Å². The Morgan fingerprint density at radius 1 is 1.59 bits per heavy atom. The van der Waals surface area contributed by atoms with Gasteiger partial charge in [0.15, 0.2) is 0 Å². The number of esters is 1. The maximum Gasteiger partial charge on any atom is 0.328 e. The average molecular weight is 235 g/mol. The number of carbonyl (C=O) groups is 1. The molecule has 1 heterocycles. The minimum absolute atomic E-state index is 0.232. The Morgan fingerprint density at radius 3 is 3.12 bits per heavy atom. The molecule has 1 unspecified atom stereocenters. The van der Waals surface area contributed by atoms with Crippen LogP contribution in [0.5, 0.6) is 5.75 Å². The number of anilines is 1. The van der Waals surface area contributed by atoms with Crippen molar-refractivity contribution in [3.63, 3.8) is 0 Å². The molecule has 1 atom stereocenters. The highest BCUT2D eigenvalue weighted by Crippen LogP contribution is 2.28. The summed E-state index contributed by atoms with van der Waals surface area (Å²) in [6.07, 6.45) is 1.63. The summed E-state index contributed by atoms with van der Waals surface area (Å²) < 4.78 is 10.2. The lowest BCUT2D eigenvalue weighted by Crippen LogP contribution is -2.29. The van der Waals surface area contributed by atoms with E-state index in [-0.39, 0.29) is 12.0 Å². The molecule has 4 heteroatoms. The van der Waals surface area contributed by atoms with Gasteiger partial charge in [0.05, 0.1) is 13.7 Å². The van der Waals surface area contributed by atoms with Crippen LogP contribution in [0.4, 0.5) is 5.69 Å². The van der Waals surface area contributed by atoms with Gasteiger partial charge < -0.3 is 14.8 Å². The monoisotopic (exact) mass is 235 g/mol. The first-order chi connectivity index (χ1) is 8.24. The number of ether oxygens (including phenoxy) is 2. The third-order valence-electron chi connectivity index (χ3n) is 2.92. The summed E-state index contributed by atoms with van der Waals surface area (Å²) >= 11 is 0. The van der Waals surface area contributed by atoms with E-state index in [1.54, 1.807) is 0 Å². The van der Waals surface area contributed by atoms with Crippen LogP contribution in [0.3, 0.4) is 0 Å². The van der Waals surface area contributed by atoms with E-state index >= 15 is 0 Å². The fourth-order valence-electron chi connectivity index (χ4n) is 1.95. The molecule has 0 aliphatic carbocycles. The minimum atomic E-state index is -0.291. The molecule has 0 saturated heterocycles. The van der Waals surface area contributed by atoms with Crippen LogP contribution >= 0.6 is 0 Å². The van der Waals surface area contributed by atoms with Gasteiger partial charge in [-0.25, -0.2) is 4.79 Å². The number of nitrogens with one attached hydrogen (secondary N) is 1. The molecule has 0 aromatic heterocycles.